The largest absolute Gasteiger partial charge is 0.416 e. The number of Topliss-reactive ketones (excluding diaryl/α,β-unsaturated/α-hetero) is 1. The number of hydrogen-bond acceptors (Lipinski definition) is 2. The summed E-state index contributed by atoms with van der Waals surface area (Å²) in [7, 11) is 0. The molecule has 1 aliphatic heterocycles. The van der Waals surface area contributed by atoms with Gasteiger partial charge in [0.15, 0.2) is 5.78 Å². The van der Waals surface area contributed by atoms with Crippen LogP contribution in [0, 0.1) is 11.8 Å². The lowest BCUT2D eigenvalue weighted by Gasteiger charge is -2.32. The van der Waals surface area contributed by atoms with Crippen molar-refractivity contribution >= 4 is 5.78 Å². The van der Waals surface area contributed by atoms with E-state index in [4.69, 9.17) is 0 Å². The van der Waals surface area contributed by atoms with Crippen molar-refractivity contribution in [2.24, 2.45) is 11.8 Å². The average molecular weight is 311 g/mol. The first-order valence-electron chi connectivity index (χ1n) is 7.87. The van der Waals surface area contributed by atoms with Gasteiger partial charge in [-0.1, -0.05) is 12.1 Å². The van der Waals surface area contributed by atoms with Gasteiger partial charge in [-0.15, -0.1) is 0 Å². The maximum atomic E-state index is 12.6. The molecule has 1 atom stereocenters. The lowest BCUT2D eigenvalue weighted by molar-refractivity contribution is -0.137. The third kappa shape index (κ3) is 3.69. The summed E-state index contributed by atoms with van der Waals surface area (Å²) in [6.45, 7) is 2.85. The highest BCUT2D eigenvalue weighted by atomic mass is 19.4. The normalized spacial score (nSPS) is 23.5. The molecule has 0 radical (unpaired) electrons. The predicted molar refractivity (Wildman–Crippen MR) is 77.7 cm³/mol. The van der Waals surface area contributed by atoms with E-state index in [0.717, 1.165) is 50.5 Å². The van der Waals surface area contributed by atoms with Gasteiger partial charge in [-0.2, -0.15) is 13.2 Å². The van der Waals surface area contributed by atoms with Gasteiger partial charge in [0.2, 0.25) is 0 Å². The summed E-state index contributed by atoms with van der Waals surface area (Å²) in [5, 5.41) is 0. The highest BCUT2D eigenvalue weighted by molar-refractivity contribution is 5.98. The number of hydrogen-bond donors (Lipinski definition) is 0. The molecular weight excluding hydrogens is 291 g/mol. The first kappa shape index (κ1) is 15.5. The second kappa shape index (κ2) is 6.03. The molecule has 0 N–H and O–H groups in total. The summed E-state index contributed by atoms with van der Waals surface area (Å²) in [6.07, 6.45) is 0.0420. The molecule has 2 fully saturated rings. The van der Waals surface area contributed by atoms with E-state index in [1.807, 2.05) is 0 Å². The fourth-order valence-corrected chi connectivity index (χ4v) is 3.16. The Balaban J connectivity index is 1.64. The molecule has 0 aromatic heterocycles. The Bertz CT molecular complexity index is 534. The number of alkyl halides is 3. The highest BCUT2D eigenvalue weighted by Gasteiger charge is 2.32. The molecule has 1 aromatic rings. The van der Waals surface area contributed by atoms with Crippen LogP contribution in [0.2, 0.25) is 0 Å². The maximum absolute atomic E-state index is 12.6. The summed E-state index contributed by atoms with van der Waals surface area (Å²) in [5.41, 5.74) is -0.311. The van der Waals surface area contributed by atoms with Crippen LogP contribution >= 0.6 is 0 Å². The Morgan fingerprint density at radius 1 is 1.14 bits per heavy atom. The highest BCUT2D eigenvalue weighted by Crippen LogP contribution is 2.32. The van der Waals surface area contributed by atoms with Gasteiger partial charge in [0.25, 0.3) is 0 Å². The number of carbonyl (C=O) groups excluding carboxylic acids is 1. The molecule has 1 saturated carbocycles. The van der Waals surface area contributed by atoms with Crippen LogP contribution in [0.1, 0.15) is 41.6 Å². The first-order valence-corrected chi connectivity index (χ1v) is 7.87. The van der Waals surface area contributed by atoms with Gasteiger partial charge >= 0.3 is 6.18 Å². The predicted octanol–water partition coefficient (Wildman–Crippen LogP) is 4.01. The third-order valence-corrected chi connectivity index (χ3v) is 4.59. The zero-order chi connectivity index (χ0) is 15.7. The summed E-state index contributed by atoms with van der Waals surface area (Å²) >= 11 is 0. The molecule has 1 heterocycles. The van der Waals surface area contributed by atoms with Crippen molar-refractivity contribution in [2.45, 2.75) is 31.9 Å². The first-order chi connectivity index (χ1) is 10.4. The van der Waals surface area contributed by atoms with Crippen molar-refractivity contribution < 1.29 is 18.0 Å². The van der Waals surface area contributed by atoms with Crippen molar-refractivity contribution in [2.75, 3.05) is 19.6 Å². The number of piperidine rings is 1. The van der Waals surface area contributed by atoms with Gasteiger partial charge in [0.1, 0.15) is 0 Å². The number of likely N-dealkylation sites (tertiary alicyclic amines) is 1. The van der Waals surface area contributed by atoms with Crippen molar-refractivity contribution in [1.29, 1.82) is 0 Å². The topological polar surface area (TPSA) is 20.3 Å². The Kier molecular flexibility index (Phi) is 4.26. The van der Waals surface area contributed by atoms with Gasteiger partial charge in [-0.25, -0.2) is 0 Å². The van der Waals surface area contributed by atoms with Crippen LogP contribution in [0.4, 0.5) is 13.2 Å². The Hall–Kier alpha value is -1.36. The minimum atomic E-state index is -4.35. The molecule has 1 aromatic carbocycles. The average Bonchev–Trinajstić information content (AvgIpc) is 3.30. The van der Waals surface area contributed by atoms with Crippen LogP contribution in [-0.2, 0) is 6.18 Å². The third-order valence-electron chi connectivity index (χ3n) is 4.59. The van der Waals surface area contributed by atoms with Crippen LogP contribution in [0.3, 0.4) is 0 Å². The lowest BCUT2D eigenvalue weighted by atomic mass is 9.89. The van der Waals surface area contributed by atoms with E-state index in [-0.39, 0.29) is 11.7 Å². The van der Waals surface area contributed by atoms with E-state index >= 15 is 0 Å². The molecular formula is C17H20F3NO. The Labute approximate surface area is 128 Å². The van der Waals surface area contributed by atoms with Crippen LogP contribution in [0.15, 0.2) is 24.3 Å². The number of rotatable bonds is 4. The van der Waals surface area contributed by atoms with Gasteiger partial charge in [-0.3, -0.25) is 4.79 Å². The summed E-state index contributed by atoms with van der Waals surface area (Å²) in [5.74, 6) is 0.693. The summed E-state index contributed by atoms with van der Waals surface area (Å²) < 4.78 is 37.7. The zero-order valence-corrected chi connectivity index (χ0v) is 12.4. The molecule has 0 spiro atoms. The number of nitrogens with zero attached hydrogens (tertiary/aromatic N) is 1. The standard InChI is InChI=1S/C17H20F3NO/c18-17(19,20)15-7-5-13(6-8-15)16(22)14-2-1-9-21(11-14)10-12-3-4-12/h5-8,12,14H,1-4,9-11H2. The zero-order valence-electron chi connectivity index (χ0n) is 12.4. The smallest absolute Gasteiger partial charge is 0.302 e. The summed E-state index contributed by atoms with van der Waals surface area (Å²) in [4.78, 5) is 14.8. The van der Waals surface area contributed by atoms with Gasteiger partial charge in [0, 0.05) is 24.6 Å². The molecule has 1 unspecified atom stereocenters. The van der Waals surface area contributed by atoms with E-state index in [1.165, 1.54) is 25.0 Å². The van der Waals surface area contributed by atoms with Crippen LogP contribution in [0.25, 0.3) is 0 Å². The van der Waals surface area contributed by atoms with Crippen molar-refractivity contribution in [3.8, 4) is 0 Å². The fourth-order valence-electron chi connectivity index (χ4n) is 3.16. The molecule has 22 heavy (non-hydrogen) atoms. The van der Waals surface area contributed by atoms with E-state index in [2.05, 4.69) is 4.90 Å². The van der Waals surface area contributed by atoms with E-state index < -0.39 is 11.7 Å². The molecule has 1 saturated heterocycles. The Morgan fingerprint density at radius 3 is 2.41 bits per heavy atom. The van der Waals surface area contributed by atoms with Crippen LogP contribution in [-0.4, -0.2) is 30.3 Å². The monoisotopic (exact) mass is 311 g/mol. The quantitative estimate of drug-likeness (QED) is 0.783. The molecule has 2 nitrogen and oxygen atoms in total. The molecule has 3 rings (SSSR count). The molecule has 0 amide bonds. The molecule has 5 heteroatoms. The lowest BCUT2D eigenvalue weighted by Crippen LogP contribution is -2.39. The number of carbonyl (C=O) groups is 1. The van der Waals surface area contributed by atoms with E-state index in [0.29, 0.717) is 5.56 Å². The second-order valence-electron chi connectivity index (χ2n) is 6.48. The molecule has 120 valence electrons. The fraction of sp³-hybridized carbons (Fsp3) is 0.588. The van der Waals surface area contributed by atoms with E-state index in [1.54, 1.807) is 0 Å². The molecule has 0 bridgehead atoms. The Morgan fingerprint density at radius 2 is 1.82 bits per heavy atom. The number of benzene rings is 1. The van der Waals surface area contributed by atoms with Gasteiger partial charge in [0.05, 0.1) is 5.56 Å². The molecule has 1 aliphatic carbocycles. The van der Waals surface area contributed by atoms with Crippen LogP contribution < -0.4 is 0 Å². The molecule has 2 aliphatic rings. The maximum Gasteiger partial charge on any atom is 0.416 e. The number of ketones is 1. The van der Waals surface area contributed by atoms with Crippen molar-refractivity contribution in [1.82, 2.24) is 4.90 Å². The van der Waals surface area contributed by atoms with Crippen molar-refractivity contribution in [3.63, 3.8) is 0 Å². The minimum absolute atomic E-state index is 0.0192. The van der Waals surface area contributed by atoms with E-state index in [9.17, 15) is 18.0 Å². The minimum Gasteiger partial charge on any atom is -0.302 e. The number of halogens is 3. The SMILES string of the molecule is O=C(c1ccc(C(F)(F)F)cc1)C1CCCN(CC2CC2)C1. The van der Waals surface area contributed by atoms with Gasteiger partial charge < -0.3 is 4.90 Å². The van der Waals surface area contributed by atoms with Gasteiger partial charge in [-0.05, 0) is 50.3 Å². The van der Waals surface area contributed by atoms with Crippen LogP contribution in [0.5, 0.6) is 0 Å². The van der Waals surface area contributed by atoms with Crippen molar-refractivity contribution in [3.05, 3.63) is 35.4 Å². The summed E-state index contributed by atoms with van der Waals surface area (Å²) in [6, 6.07) is 4.62. The second-order valence-corrected chi connectivity index (χ2v) is 6.48.